The summed E-state index contributed by atoms with van der Waals surface area (Å²) in [6.07, 6.45) is 5.07. The molecule has 2 unspecified atom stereocenters. The maximum absolute atomic E-state index is 10.6. The monoisotopic (exact) mass is 371 g/mol. The smallest absolute Gasteiger partial charge is 0.0948 e. The van der Waals surface area contributed by atoms with Crippen molar-refractivity contribution in [1.29, 1.82) is 0 Å². The van der Waals surface area contributed by atoms with Gasteiger partial charge in [-0.15, -0.1) is 0 Å². The Kier molecular flexibility index (Phi) is 5.85. The molecule has 2 atom stereocenters. The van der Waals surface area contributed by atoms with Gasteiger partial charge in [0.05, 0.1) is 6.10 Å². The minimum atomic E-state index is -0.348. The van der Waals surface area contributed by atoms with Crippen LogP contribution < -0.4 is 0 Å². The van der Waals surface area contributed by atoms with Gasteiger partial charge in [0.1, 0.15) is 0 Å². The first kappa shape index (κ1) is 15.0. The van der Waals surface area contributed by atoms with Crippen molar-refractivity contribution in [3.05, 3.63) is 45.6 Å². The molecule has 0 saturated carbocycles. The van der Waals surface area contributed by atoms with Crippen molar-refractivity contribution in [2.45, 2.75) is 38.3 Å². The Morgan fingerprint density at radius 3 is 2.95 bits per heavy atom. The van der Waals surface area contributed by atoms with E-state index in [1.807, 2.05) is 6.07 Å². The van der Waals surface area contributed by atoms with Gasteiger partial charge in [-0.2, -0.15) is 0 Å². The fourth-order valence-electron chi connectivity index (χ4n) is 2.96. The second-order valence-electron chi connectivity index (χ2n) is 5.11. The van der Waals surface area contributed by atoms with Crippen molar-refractivity contribution in [2.75, 3.05) is 13.1 Å². The highest BCUT2D eigenvalue weighted by molar-refractivity contribution is 14.1. The van der Waals surface area contributed by atoms with Gasteiger partial charge in [0.15, 0.2) is 0 Å². The first-order valence-electron chi connectivity index (χ1n) is 7.03. The molecule has 0 bridgehead atoms. The Bertz CT molecular complexity index is 433. The van der Waals surface area contributed by atoms with Gasteiger partial charge in [-0.25, -0.2) is 0 Å². The predicted molar refractivity (Wildman–Crippen MR) is 88.5 cm³/mol. The molecule has 1 aliphatic rings. The van der Waals surface area contributed by atoms with Gasteiger partial charge in [-0.05, 0) is 41.0 Å². The fourth-order valence-corrected chi connectivity index (χ4v) is 3.18. The molecule has 0 saturated heterocycles. The molecule has 1 aromatic carbocycles. The molecular formula is C16H22INO. The molecule has 0 aromatic heterocycles. The Morgan fingerprint density at radius 2 is 2.21 bits per heavy atom. The minimum absolute atomic E-state index is 0.252. The lowest BCUT2D eigenvalue weighted by Gasteiger charge is -2.38. The SMILES string of the molecule is CCCN(CC=CI)C1CCc2ccccc2C1O. The Hall–Kier alpha value is -0.390. The van der Waals surface area contributed by atoms with Crippen molar-refractivity contribution in [1.82, 2.24) is 4.90 Å². The van der Waals surface area contributed by atoms with E-state index >= 15 is 0 Å². The van der Waals surface area contributed by atoms with Crippen LogP contribution in [-0.4, -0.2) is 29.1 Å². The van der Waals surface area contributed by atoms with E-state index in [1.165, 1.54) is 5.56 Å². The topological polar surface area (TPSA) is 23.5 Å². The van der Waals surface area contributed by atoms with Crippen LogP contribution in [0.3, 0.4) is 0 Å². The van der Waals surface area contributed by atoms with Crippen LogP contribution in [0.5, 0.6) is 0 Å². The summed E-state index contributed by atoms with van der Waals surface area (Å²) in [6, 6.07) is 8.56. The number of rotatable bonds is 5. The molecule has 2 rings (SSSR count). The zero-order valence-corrected chi connectivity index (χ0v) is 13.6. The average molecular weight is 371 g/mol. The van der Waals surface area contributed by atoms with Crippen LogP contribution in [0.25, 0.3) is 0 Å². The van der Waals surface area contributed by atoms with Gasteiger partial charge in [0.25, 0.3) is 0 Å². The largest absolute Gasteiger partial charge is 0.387 e. The molecule has 0 spiro atoms. The van der Waals surface area contributed by atoms with Crippen LogP contribution in [0.4, 0.5) is 0 Å². The lowest BCUT2D eigenvalue weighted by Crippen LogP contribution is -2.42. The number of aryl methyl sites for hydroxylation is 1. The van der Waals surface area contributed by atoms with Crippen LogP contribution >= 0.6 is 22.6 Å². The van der Waals surface area contributed by atoms with Crippen LogP contribution in [-0.2, 0) is 6.42 Å². The van der Waals surface area contributed by atoms with Crippen LogP contribution in [0.1, 0.15) is 37.0 Å². The van der Waals surface area contributed by atoms with E-state index in [4.69, 9.17) is 0 Å². The number of aliphatic hydroxyl groups is 1. The van der Waals surface area contributed by atoms with Gasteiger partial charge in [-0.3, -0.25) is 4.90 Å². The first-order valence-corrected chi connectivity index (χ1v) is 8.27. The number of fused-ring (bicyclic) bond motifs is 1. The molecule has 1 N–H and O–H groups in total. The maximum Gasteiger partial charge on any atom is 0.0948 e. The molecule has 0 amide bonds. The summed E-state index contributed by atoms with van der Waals surface area (Å²) in [5.41, 5.74) is 2.44. The summed E-state index contributed by atoms with van der Waals surface area (Å²) in [5, 5.41) is 10.6. The zero-order valence-electron chi connectivity index (χ0n) is 11.4. The predicted octanol–water partition coefficient (Wildman–Crippen LogP) is 3.70. The van der Waals surface area contributed by atoms with Gasteiger partial charge in [-0.1, -0.05) is 59.9 Å². The van der Waals surface area contributed by atoms with E-state index in [9.17, 15) is 5.11 Å². The Balaban J connectivity index is 2.16. The highest BCUT2D eigenvalue weighted by Gasteiger charge is 2.31. The molecule has 2 nitrogen and oxygen atoms in total. The van der Waals surface area contributed by atoms with Crippen molar-refractivity contribution in [3.63, 3.8) is 0 Å². The molecule has 0 fully saturated rings. The number of benzene rings is 1. The summed E-state index contributed by atoms with van der Waals surface area (Å²) < 4.78 is 2.06. The number of halogens is 1. The van der Waals surface area contributed by atoms with Crippen molar-refractivity contribution in [2.24, 2.45) is 0 Å². The number of hydrogen-bond acceptors (Lipinski definition) is 2. The van der Waals surface area contributed by atoms with E-state index in [0.717, 1.165) is 37.9 Å². The number of aliphatic hydroxyl groups excluding tert-OH is 1. The zero-order chi connectivity index (χ0) is 13.7. The third-order valence-corrected chi connectivity index (χ3v) is 4.37. The molecule has 1 aromatic rings. The van der Waals surface area contributed by atoms with Crippen LogP contribution in [0.15, 0.2) is 34.4 Å². The van der Waals surface area contributed by atoms with Crippen LogP contribution in [0, 0.1) is 0 Å². The summed E-state index contributed by atoms with van der Waals surface area (Å²) in [7, 11) is 0. The van der Waals surface area contributed by atoms with E-state index in [0.29, 0.717) is 0 Å². The van der Waals surface area contributed by atoms with Crippen LogP contribution in [0.2, 0.25) is 0 Å². The molecular weight excluding hydrogens is 349 g/mol. The average Bonchev–Trinajstić information content (AvgIpc) is 2.44. The highest BCUT2D eigenvalue weighted by Crippen LogP contribution is 2.32. The van der Waals surface area contributed by atoms with E-state index in [-0.39, 0.29) is 12.1 Å². The van der Waals surface area contributed by atoms with Crippen molar-refractivity contribution >= 4 is 22.6 Å². The maximum atomic E-state index is 10.6. The molecule has 0 aliphatic heterocycles. The fraction of sp³-hybridized carbons (Fsp3) is 0.500. The molecule has 0 radical (unpaired) electrons. The third kappa shape index (κ3) is 3.58. The molecule has 0 heterocycles. The van der Waals surface area contributed by atoms with Crippen molar-refractivity contribution < 1.29 is 5.11 Å². The Morgan fingerprint density at radius 1 is 1.42 bits per heavy atom. The standard InChI is InChI=1S/C16H22INO/c1-2-11-18(12-5-10-17)15-9-8-13-6-3-4-7-14(13)16(15)19/h3-7,10,15-16,19H,2,8-9,11-12H2,1H3. The first-order chi connectivity index (χ1) is 9.27. The summed E-state index contributed by atoms with van der Waals surface area (Å²) in [4.78, 5) is 2.41. The molecule has 1 aliphatic carbocycles. The summed E-state index contributed by atoms with van der Waals surface area (Å²) >= 11 is 2.26. The van der Waals surface area contributed by atoms with E-state index in [1.54, 1.807) is 0 Å². The normalized spacial score (nSPS) is 22.9. The third-order valence-electron chi connectivity index (χ3n) is 3.86. The number of hydrogen-bond donors (Lipinski definition) is 1. The van der Waals surface area contributed by atoms with E-state index in [2.05, 4.69) is 62.8 Å². The van der Waals surface area contributed by atoms with Gasteiger partial charge >= 0.3 is 0 Å². The second-order valence-corrected chi connectivity index (χ2v) is 5.83. The quantitative estimate of drug-likeness (QED) is 0.798. The van der Waals surface area contributed by atoms with Gasteiger partial charge < -0.3 is 5.11 Å². The number of nitrogens with zero attached hydrogens (tertiary/aromatic N) is 1. The van der Waals surface area contributed by atoms with Crippen molar-refractivity contribution in [3.8, 4) is 0 Å². The van der Waals surface area contributed by atoms with Gasteiger partial charge in [0.2, 0.25) is 0 Å². The Labute approximate surface area is 129 Å². The lowest BCUT2D eigenvalue weighted by molar-refractivity contribution is 0.0421. The summed E-state index contributed by atoms with van der Waals surface area (Å²) in [6.45, 7) is 4.18. The lowest BCUT2D eigenvalue weighted by atomic mass is 9.85. The minimum Gasteiger partial charge on any atom is -0.387 e. The summed E-state index contributed by atoms with van der Waals surface area (Å²) in [5.74, 6) is 0. The van der Waals surface area contributed by atoms with E-state index < -0.39 is 0 Å². The second kappa shape index (κ2) is 7.41. The highest BCUT2D eigenvalue weighted by atomic mass is 127. The molecule has 104 valence electrons. The molecule has 19 heavy (non-hydrogen) atoms. The van der Waals surface area contributed by atoms with Gasteiger partial charge in [0, 0.05) is 12.6 Å². The molecule has 3 heteroatoms.